The molecule has 0 heterocycles. The van der Waals surface area contributed by atoms with Crippen LogP contribution in [-0.2, 0) is 18.9 Å². The number of nitrogens with zero attached hydrogens (tertiary/aromatic N) is 2. The number of non-ortho nitro benzene ring substituents is 1. The Morgan fingerprint density at radius 2 is 1.50 bits per heavy atom. The summed E-state index contributed by atoms with van der Waals surface area (Å²) in [4.78, 5) is 12.5. The summed E-state index contributed by atoms with van der Waals surface area (Å²) >= 11 is 0. The minimum absolute atomic E-state index is 0.0155. The first-order chi connectivity index (χ1) is 12.6. The number of hydrogen-bond donors (Lipinski definition) is 0. The van der Waals surface area contributed by atoms with Gasteiger partial charge in [0.05, 0.1) is 63.4 Å². The Bertz CT molecular complexity index is 514. The van der Waals surface area contributed by atoms with Crippen molar-refractivity contribution in [2.24, 2.45) is 0 Å². The van der Waals surface area contributed by atoms with Crippen LogP contribution >= 0.6 is 0 Å². The van der Waals surface area contributed by atoms with E-state index in [0.29, 0.717) is 58.5 Å². The topological polar surface area (TPSA) is 92.5 Å². The fourth-order valence-corrected chi connectivity index (χ4v) is 2.23. The third kappa shape index (κ3) is 7.96. The minimum atomic E-state index is -0.446. The van der Waals surface area contributed by atoms with E-state index in [4.69, 9.17) is 23.7 Å². The molecule has 0 spiro atoms. The third-order valence-electron chi connectivity index (χ3n) is 3.59. The Morgan fingerprint density at radius 1 is 0.923 bits per heavy atom. The normalized spacial score (nSPS) is 10.7. The predicted molar refractivity (Wildman–Crippen MR) is 97.3 cm³/mol. The molecule has 1 aromatic carbocycles. The second-order valence-corrected chi connectivity index (χ2v) is 5.31. The smallest absolute Gasteiger partial charge is 0.273 e. The van der Waals surface area contributed by atoms with Crippen molar-refractivity contribution in [2.45, 2.75) is 0 Å². The molecule has 0 N–H and O–H groups in total. The number of benzene rings is 1. The van der Waals surface area contributed by atoms with E-state index in [-0.39, 0.29) is 5.69 Å². The molecule has 9 heteroatoms. The molecule has 0 aliphatic carbocycles. The zero-order valence-electron chi connectivity index (χ0n) is 15.6. The lowest BCUT2D eigenvalue weighted by Gasteiger charge is -2.26. The molecule has 0 amide bonds. The van der Waals surface area contributed by atoms with Crippen LogP contribution in [0.15, 0.2) is 18.2 Å². The van der Waals surface area contributed by atoms with Crippen molar-refractivity contribution in [3.63, 3.8) is 0 Å². The van der Waals surface area contributed by atoms with Gasteiger partial charge in [0.25, 0.3) is 5.69 Å². The molecular formula is C17H28N2O7. The van der Waals surface area contributed by atoms with Gasteiger partial charge in [-0.15, -0.1) is 0 Å². The zero-order chi connectivity index (χ0) is 19.2. The van der Waals surface area contributed by atoms with E-state index in [9.17, 15) is 10.1 Å². The Labute approximate surface area is 153 Å². The molecule has 9 nitrogen and oxygen atoms in total. The van der Waals surface area contributed by atoms with Gasteiger partial charge in [-0.05, 0) is 6.07 Å². The first kappa shape index (κ1) is 22.1. The number of nitro groups is 1. The van der Waals surface area contributed by atoms with E-state index in [1.54, 1.807) is 20.3 Å². The summed E-state index contributed by atoms with van der Waals surface area (Å²) in [5.74, 6) is 0.438. The summed E-state index contributed by atoms with van der Waals surface area (Å²) in [5.41, 5.74) is 0.738. The van der Waals surface area contributed by atoms with E-state index in [0.717, 1.165) is 5.69 Å². The number of hydrogen-bond acceptors (Lipinski definition) is 8. The Balaban J connectivity index is 2.76. The third-order valence-corrected chi connectivity index (χ3v) is 3.59. The number of anilines is 1. The van der Waals surface area contributed by atoms with Crippen LogP contribution in [0.3, 0.4) is 0 Å². The van der Waals surface area contributed by atoms with Gasteiger partial charge in [-0.3, -0.25) is 10.1 Å². The van der Waals surface area contributed by atoms with Crippen molar-refractivity contribution >= 4 is 11.4 Å². The molecule has 1 aromatic rings. The molecule has 0 aliphatic rings. The lowest BCUT2D eigenvalue weighted by molar-refractivity contribution is -0.384. The van der Waals surface area contributed by atoms with Gasteiger partial charge >= 0.3 is 0 Å². The number of methoxy groups -OCH3 is 3. The summed E-state index contributed by atoms with van der Waals surface area (Å²) in [5, 5.41) is 11.0. The van der Waals surface area contributed by atoms with Crippen molar-refractivity contribution < 1.29 is 28.6 Å². The molecule has 0 unspecified atom stereocenters. The Morgan fingerprint density at radius 3 is 1.96 bits per heavy atom. The van der Waals surface area contributed by atoms with E-state index in [2.05, 4.69) is 0 Å². The minimum Gasteiger partial charge on any atom is -0.494 e. The summed E-state index contributed by atoms with van der Waals surface area (Å²) in [7, 11) is 4.73. The van der Waals surface area contributed by atoms with Crippen LogP contribution in [0, 0.1) is 10.1 Å². The van der Waals surface area contributed by atoms with Gasteiger partial charge < -0.3 is 28.6 Å². The first-order valence-electron chi connectivity index (χ1n) is 8.34. The molecule has 0 saturated carbocycles. The number of rotatable bonds is 15. The molecule has 0 aromatic heterocycles. The fourth-order valence-electron chi connectivity index (χ4n) is 2.23. The van der Waals surface area contributed by atoms with Gasteiger partial charge in [0.2, 0.25) is 0 Å². The maximum absolute atomic E-state index is 11.0. The molecule has 0 bridgehead atoms. The van der Waals surface area contributed by atoms with Crippen LogP contribution in [-0.4, -0.2) is 79.0 Å². The second-order valence-electron chi connectivity index (χ2n) is 5.31. The Hall–Kier alpha value is -1.94. The van der Waals surface area contributed by atoms with Gasteiger partial charge in [-0.1, -0.05) is 0 Å². The number of nitro benzene ring substituents is 1. The maximum Gasteiger partial charge on any atom is 0.273 e. The van der Waals surface area contributed by atoms with Crippen LogP contribution < -0.4 is 9.64 Å². The highest BCUT2D eigenvalue weighted by Crippen LogP contribution is 2.32. The van der Waals surface area contributed by atoms with Crippen molar-refractivity contribution in [1.82, 2.24) is 0 Å². The molecule has 0 saturated heterocycles. The zero-order valence-corrected chi connectivity index (χ0v) is 15.6. The van der Waals surface area contributed by atoms with Crippen LogP contribution in [0.4, 0.5) is 11.4 Å². The van der Waals surface area contributed by atoms with Crippen molar-refractivity contribution in [1.29, 1.82) is 0 Å². The van der Waals surface area contributed by atoms with Crippen molar-refractivity contribution in [3.05, 3.63) is 28.3 Å². The van der Waals surface area contributed by atoms with E-state index in [1.807, 2.05) is 4.90 Å². The van der Waals surface area contributed by atoms with Gasteiger partial charge in [0.1, 0.15) is 5.75 Å². The molecular weight excluding hydrogens is 344 g/mol. The van der Waals surface area contributed by atoms with E-state index >= 15 is 0 Å². The van der Waals surface area contributed by atoms with Gasteiger partial charge in [-0.25, -0.2) is 0 Å². The van der Waals surface area contributed by atoms with E-state index in [1.165, 1.54) is 19.2 Å². The standard InChI is InChI=1S/C17H28N2O7/c1-22-10-12-25-8-6-18(7-9-26-13-11-23-2)16-5-4-15(19(20)21)14-17(16)24-3/h4-5,14H,6-13H2,1-3H3. The average Bonchev–Trinajstić information content (AvgIpc) is 2.65. The van der Waals surface area contributed by atoms with Crippen LogP contribution in [0.5, 0.6) is 5.75 Å². The highest BCUT2D eigenvalue weighted by Gasteiger charge is 2.16. The maximum atomic E-state index is 11.0. The SMILES string of the molecule is COCCOCCN(CCOCCOC)c1ccc([N+](=O)[O-])cc1OC. The van der Waals surface area contributed by atoms with Crippen molar-refractivity contribution in [3.8, 4) is 5.75 Å². The molecule has 0 atom stereocenters. The number of ether oxygens (including phenoxy) is 5. The predicted octanol–water partition coefficient (Wildman–Crippen LogP) is 1.74. The highest BCUT2D eigenvalue weighted by molar-refractivity contribution is 5.62. The molecule has 0 aliphatic heterocycles. The molecule has 1 rings (SSSR count). The summed E-state index contributed by atoms with van der Waals surface area (Å²) in [6, 6.07) is 4.56. The van der Waals surface area contributed by atoms with Crippen LogP contribution in [0.2, 0.25) is 0 Å². The second kappa shape index (κ2) is 13.3. The van der Waals surface area contributed by atoms with E-state index < -0.39 is 4.92 Å². The summed E-state index contributed by atoms with van der Waals surface area (Å²) in [6.45, 7) is 4.22. The van der Waals surface area contributed by atoms with Gasteiger partial charge in [0, 0.05) is 33.4 Å². The molecule has 148 valence electrons. The summed E-state index contributed by atoms with van der Waals surface area (Å²) < 4.78 is 26.3. The Kier molecular flexibility index (Phi) is 11.3. The highest BCUT2D eigenvalue weighted by atomic mass is 16.6. The van der Waals surface area contributed by atoms with Crippen molar-refractivity contribution in [2.75, 3.05) is 79.0 Å². The fraction of sp³-hybridized carbons (Fsp3) is 0.647. The molecule has 26 heavy (non-hydrogen) atoms. The lowest BCUT2D eigenvalue weighted by Crippen LogP contribution is -2.32. The monoisotopic (exact) mass is 372 g/mol. The molecule has 0 radical (unpaired) electrons. The van der Waals surface area contributed by atoms with Gasteiger partial charge in [0.15, 0.2) is 0 Å². The quantitative estimate of drug-likeness (QED) is 0.261. The van der Waals surface area contributed by atoms with Crippen LogP contribution in [0.25, 0.3) is 0 Å². The summed E-state index contributed by atoms with van der Waals surface area (Å²) in [6.07, 6.45) is 0. The first-order valence-corrected chi connectivity index (χ1v) is 8.34. The van der Waals surface area contributed by atoms with Crippen LogP contribution in [0.1, 0.15) is 0 Å². The largest absolute Gasteiger partial charge is 0.494 e. The average molecular weight is 372 g/mol. The molecule has 0 fully saturated rings. The van der Waals surface area contributed by atoms with Gasteiger partial charge in [-0.2, -0.15) is 0 Å². The lowest BCUT2D eigenvalue weighted by atomic mass is 10.2.